The van der Waals surface area contributed by atoms with E-state index in [0.29, 0.717) is 11.3 Å². The summed E-state index contributed by atoms with van der Waals surface area (Å²) in [6, 6.07) is 0. The molecule has 1 amide bonds. The smallest absolute Gasteiger partial charge is 0.334 e. The van der Waals surface area contributed by atoms with Crippen LogP contribution in [0.2, 0.25) is 0 Å². The van der Waals surface area contributed by atoms with Crippen molar-refractivity contribution < 1.29 is 19.4 Å². The van der Waals surface area contributed by atoms with Crippen LogP contribution < -0.4 is 5.56 Å². The number of carbonyl (C=O) groups excluding carboxylic acids is 1. The molecule has 2 rings (SSSR count). The van der Waals surface area contributed by atoms with Gasteiger partial charge in [-0.15, -0.1) is 0 Å². The predicted molar refractivity (Wildman–Crippen MR) is 72.2 cm³/mol. The molecule has 0 aromatic carbocycles. The highest BCUT2D eigenvalue weighted by molar-refractivity contribution is 5.95. The fraction of sp³-hybridized carbons (Fsp3) is 0.538. The van der Waals surface area contributed by atoms with Crippen LogP contribution in [-0.4, -0.2) is 57.5 Å². The molecule has 1 aromatic rings. The number of amides is 1. The summed E-state index contributed by atoms with van der Waals surface area (Å²) in [6.45, 7) is 3.69. The number of ether oxygens (including phenoxy) is 1. The number of carboxylic acids is 1. The summed E-state index contributed by atoms with van der Waals surface area (Å²) in [7, 11) is 1.48. The van der Waals surface area contributed by atoms with Crippen molar-refractivity contribution in [3.8, 4) is 0 Å². The number of hydrogen-bond donors (Lipinski definition) is 1. The minimum Gasteiger partial charge on any atom is -0.479 e. The molecule has 1 aliphatic rings. The van der Waals surface area contributed by atoms with E-state index in [1.165, 1.54) is 11.9 Å². The Morgan fingerprint density at radius 2 is 2.05 bits per heavy atom. The van der Waals surface area contributed by atoms with Gasteiger partial charge in [-0.2, -0.15) is 5.10 Å². The van der Waals surface area contributed by atoms with Crippen LogP contribution in [0.25, 0.3) is 0 Å². The van der Waals surface area contributed by atoms with E-state index in [9.17, 15) is 14.4 Å². The second kappa shape index (κ2) is 5.65. The average Bonchev–Trinajstić information content (AvgIpc) is 2.45. The first-order valence-electron chi connectivity index (χ1n) is 6.51. The molecular weight excluding hydrogens is 278 g/mol. The maximum Gasteiger partial charge on any atom is 0.334 e. The Hall–Kier alpha value is -2.22. The van der Waals surface area contributed by atoms with Crippen molar-refractivity contribution in [2.75, 3.05) is 19.7 Å². The van der Waals surface area contributed by atoms with Crippen LogP contribution in [0.4, 0.5) is 0 Å². The van der Waals surface area contributed by atoms with Gasteiger partial charge in [0, 0.05) is 13.6 Å². The fourth-order valence-corrected chi connectivity index (χ4v) is 2.24. The van der Waals surface area contributed by atoms with Gasteiger partial charge in [0.05, 0.1) is 18.8 Å². The van der Waals surface area contributed by atoms with Gasteiger partial charge in [-0.1, -0.05) is 0 Å². The van der Waals surface area contributed by atoms with Gasteiger partial charge in [0.2, 0.25) is 0 Å². The highest BCUT2D eigenvalue weighted by Gasteiger charge is 2.31. The number of rotatable bonds is 2. The molecule has 1 aliphatic heterocycles. The topological polar surface area (TPSA) is 102 Å². The van der Waals surface area contributed by atoms with Gasteiger partial charge in [-0.05, 0) is 19.4 Å². The van der Waals surface area contributed by atoms with Gasteiger partial charge in [-0.25, -0.2) is 9.48 Å². The van der Waals surface area contributed by atoms with Gasteiger partial charge in [0.1, 0.15) is 5.56 Å². The largest absolute Gasteiger partial charge is 0.479 e. The summed E-state index contributed by atoms with van der Waals surface area (Å²) < 4.78 is 6.19. The third kappa shape index (κ3) is 2.80. The zero-order valence-electron chi connectivity index (χ0n) is 12.1. The van der Waals surface area contributed by atoms with Crippen molar-refractivity contribution in [2.45, 2.75) is 20.0 Å². The average molecular weight is 295 g/mol. The summed E-state index contributed by atoms with van der Waals surface area (Å²) in [5, 5.41) is 13.0. The van der Waals surface area contributed by atoms with Crippen LogP contribution in [0.5, 0.6) is 0 Å². The summed E-state index contributed by atoms with van der Waals surface area (Å²) in [5.74, 6) is -1.60. The quantitative estimate of drug-likeness (QED) is 0.776. The molecule has 1 saturated heterocycles. The molecule has 1 N–H and O–H groups in total. The summed E-state index contributed by atoms with van der Waals surface area (Å²) >= 11 is 0. The molecule has 21 heavy (non-hydrogen) atoms. The molecule has 0 bridgehead atoms. The molecule has 0 aliphatic carbocycles. The normalized spacial score (nSPS) is 18.6. The van der Waals surface area contributed by atoms with E-state index >= 15 is 0 Å². The first-order valence-corrected chi connectivity index (χ1v) is 6.51. The highest BCUT2D eigenvalue weighted by atomic mass is 16.5. The summed E-state index contributed by atoms with van der Waals surface area (Å²) in [6.07, 6.45) is -1.06. The highest BCUT2D eigenvalue weighted by Crippen LogP contribution is 2.13. The van der Waals surface area contributed by atoms with Crippen molar-refractivity contribution in [2.24, 2.45) is 7.05 Å². The van der Waals surface area contributed by atoms with Gasteiger partial charge in [-0.3, -0.25) is 9.59 Å². The molecule has 114 valence electrons. The molecule has 0 spiro atoms. The number of morpholine rings is 1. The molecule has 2 heterocycles. The maximum absolute atomic E-state index is 12.6. The van der Waals surface area contributed by atoms with Crippen molar-refractivity contribution in [1.29, 1.82) is 0 Å². The first-order chi connectivity index (χ1) is 9.82. The van der Waals surface area contributed by atoms with Gasteiger partial charge in [0.15, 0.2) is 6.10 Å². The third-order valence-corrected chi connectivity index (χ3v) is 3.57. The Kier molecular flexibility index (Phi) is 4.08. The number of aliphatic carboxylic acids is 1. The van der Waals surface area contributed by atoms with Crippen molar-refractivity contribution in [1.82, 2.24) is 14.7 Å². The SMILES string of the molecule is Cc1nn(C)c(=O)c(C(=O)N2CCOC(C(=O)O)C2)c1C. The van der Waals surface area contributed by atoms with E-state index in [1.54, 1.807) is 13.8 Å². The Labute approximate surface area is 120 Å². The molecule has 8 heteroatoms. The number of hydrogen-bond acceptors (Lipinski definition) is 5. The molecule has 0 radical (unpaired) electrons. The van der Waals surface area contributed by atoms with Crippen LogP contribution in [0.15, 0.2) is 4.79 Å². The molecule has 0 saturated carbocycles. The van der Waals surface area contributed by atoms with Gasteiger partial charge in [0.25, 0.3) is 11.5 Å². The van der Waals surface area contributed by atoms with E-state index in [2.05, 4.69) is 5.10 Å². The van der Waals surface area contributed by atoms with Crippen LogP contribution >= 0.6 is 0 Å². The van der Waals surface area contributed by atoms with E-state index in [0.717, 1.165) is 4.68 Å². The molecule has 1 fully saturated rings. The summed E-state index contributed by atoms with van der Waals surface area (Å²) in [5.41, 5.74) is 0.655. The number of carboxylic acid groups (broad SMARTS) is 1. The molecule has 1 aromatic heterocycles. The molecule has 1 unspecified atom stereocenters. The monoisotopic (exact) mass is 295 g/mol. The number of carbonyl (C=O) groups is 2. The Morgan fingerprint density at radius 1 is 1.38 bits per heavy atom. The van der Waals surface area contributed by atoms with E-state index in [1.807, 2.05) is 0 Å². The maximum atomic E-state index is 12.6. The lowest BCUT2D eigenvalue weighted by atomic mass is 10.1. The fourth-order valence-electron chi connectivity index (χ4n) is 2.24. The van der Waals surface area contributed by atoms with Crippen LogP contribution in [-0.2, 0) is 16.6 Å². The van der Waals surface area contributed by atoms with Crippen LogP contribution in [0.3, 0.4) is 0 Å². The Morgan fingerprint density at radius 3 is 2.67 bits per heavy atom. The zero-order valence-corrected chi connectivity index (χ0v) is 12.1. The van der Waals surface area contributed by atoms with Gasteiger partial charge < -0.3 is 14.7 Å². The van der Waals surface area contributed by atoms with Crippen LogP contribution in [0.1, 0.15) is 21.6 Å². The second-order valence-corrected chi connectivity index (χ2v) is 4.96. The standard InChI is InChI=1S/C13H17N3O5/c1-7-8(2)14-15(3)11(17)10(7)12(18)16-4-5-21-9(6-16)13(19)20/h9H,4-6H2,1-3H3,(H,19,20). The lowest BCUT2D eigenvalue weighted by molar-refractivity contribution is -0.154. The minimum atomic E-state index is -1.12. The Bertz CT molecular complexity index is 652. The molecule has 8 nitrogen and oxygen atoms in total. The molecular formula is C13H17N3O5. The zero-order chi connectivity index (χ0) is 15.7. The first kappa shape index (κ1) is 15.2. The number of aromatic nitrogens is 2. The van der Waals surface area contributed by atoms with E-state index < -0.39 is 23.5 Å². The predicted octanol–water partition coefficient (Wildman–Crippen LogP) is -0.677. The van der Waals surface area contributed by atoms with Crippen molar-refractivity contribution >= 4 is 11.9 Å². The van der Waals surface area contributed by atoms with Crippen LogP contribution in [0, 0.1) is 13.8 Å². The minimum absolute atomic E-state index is 0.0380. The van der Waals surface area contributed by atoms with Crippen molar-refractivity contribution in [3.63, 3.8) is 0 Å². The third-order valence-electron chi connectivity index (χ3n) is 3.57. The van der Waals surface area contributed by atoms with Crippen molar-refractivity contribution in [3.05, 3.63) is 27.2 Å². The number of nitrogens with zero attached hydrogens (tertiary/aromatic N) is 3. The number of aryl methyl sites for hydroxylation is 2. The van der Waals surface area contributed by atoms with E-state index in [4.69, 9.17) is 9.84 Å². The van der Waals surface area contributed by atoms with E-state index in [-0.39, 0.29) is 25.3 Å². The Balaban J connectivity index is 2.37. The lowest BCUT2D eigenvalue weighted by Gasteiger charge is -2.31. The van der Waals surface area contributed by atoms with Gasteiger partial charge >= 0.3 is 5.97 Å². The lowest BCUT2D eigenvalue weighted by Crippen LogP contribution is -2.50. The summed E-state index contributed by atoms with van der Waals surface area (Å²) in [4.78, 5) is 37.0. The molecule has 1 atom stereocenters. The second-order valence-electron chi connectivity index (χ2n) is 4.96.